The lowest BCUT2D eigenvalue weighted by Crippen LogP contribution is -2.33. The van der Waals surface area contributed by atoms with Crippen molar-refractivity contribution >= 4 is 0 Å². The third kappa shape index (κ3) is 4.12. The first-order valence-corrected chi connectivity index (χ1v) is 9.37. The summed E-state index contributed by atoms with van der Waals surface area (Å²) < 4.78 is 5.99. The van der Waals surface area contributed by atoms with Gasteiger partial charge in [-0.05, 0) is 35.6 Å². The van der Waals surface area contributed by atoms with Gasteiger partial charge in [-0.15, -0.1) is 0 Å². The molecule has 134 valence electrons. The Labute approximate surface area is 151 Å². The van der Waals surface area contributed by atoms with Gasteiger partial charge in [-0.2, -0.15) is 0 Å². The van der Waals surface area contributed by atoms with Gasteiger partial charge in [0.2, 0.25) is 0 Å². The molecule has 1 saturated heterocycles. The van der Waals surface area contributed by atoms with Gasteiger partial charge in [0.1, 0.15) is 0 Å². The van der Waals surface area contributed by atoms with Crippen LogP contribution in [0.25, 0.3) is 11.1 Å². The molecule has 2 unspecified atom stereocenters. The minimum Gasteiger partial charge on any atom is -0.385 e. The summed E-state index contributed by atoms with van der Waals surface area (Å²) in [6, 6.07) is 16.6. The van der Waals surface area contributed by atoms with Gasteiger partial charge in [-0.3, -0.25) is 0 Å². The molecule has 0 aromatic heterocycles. The van der Waals surface area contributed by atoms with E-state index in [1.807, 2.05) is 19.1 Å². The van der Waals surface area contributed by atoms with Crippen LogP contribution in [0.1, 0.15) is 50.3 Å². The van der Waals surface area contributed by atoms with Crippen molar-refractivity contribution in [2.24, 2.45) is 0 Å². The topological polar surface area (TPSA) is 41.5 Å². The highest BCUT2D eigenvalue weighted by molar-refractivity contribution is 5.72. The molecule has 3 nitrogen and oxygen atoms in total. The van der Waals surface area contributed by atoms with E-state index in [1.54, 1.807) is 0 Å². The largest absolute Gasteiger partial charge is 0.385 e. The standard InChI is InChI=1S/C22H29NO2/c1-3-4-13-22(2,24)20-12-8-7-10-18(20)17-9-5-6-11-19(17)21-16-23-14-15-25-21/h5-12,21,23-24H,3-4,13-16H2,1-2H3. The van der Waals surface area contributed by atoms with Crippen molar-refractivity contribution in [1.82, 2.24) is 5.32 Å². The van der Waals surface area contributed by atoms with Crippen molar-refractivity contribution in [1.29, 1.82) is 0 Å². The Morgan fingerprint density at radius 2 is 1.84 bits per heavy atom. The molecule has 1 aliphatic heterocycles. The van der Waals surface area contributed by atoms with Crippen LogP contribution in [0, 0.1) is 0 Å². The molecule has 2 aromatic carbocycles. The maximum absolute atomic E-state index is 11.1. The zero-order chi connectivity index (χ0) is 17.7. The van der Waals surface area contributed by atoms with Gasteiger partial charge in [0.05, 0.1) is 18.3 Å². The maximum Gasteiger partial charge on any atom is 0.0955 e. The second-order valence-corrected chi connectivity index (χ2v) is 7.07. The zero-order valence-corrected chi connectivity index (χ0v) is 15.3. The summed E-state index contributed by atoms with van der Waals surface area (Å²) in [5.74, 6) is 0. The average Bonchev–Trinajstić information content (AvgIpc) is 2.67. The molecule has 2 aromatic rings. The molecular weight excluding hydrogens is 310 g/mol. The third-order valence-corrected chi connectivity index (χ3v) is 5.05. The molecule has 1 fully saturated rings. The highest BCUT2D eigenvalue weighted by atomic mass is 16.5. The van der Waals surface area contributed by atoms with E-state index in [0.29, 0.717) is 0 Å². The fourth-order valence-electron chi connectivity index (χ4n) is 3.63. The summed E-state index contributed by atoms with van der Waals surface area (Å²) in [6.45, 7) is 6.55. The molecule has 25 heavy (non-hydrogen) atoms. The van der Waals surface area contributed by atoms with Crippen LogP contribution in [0.2, 0.25) is 0 Å². The third-order valence-electron chi connectivity index (χ3n) is 5.05. The normalized spacial score (nSPS) is 20.2. The van der Waals surface area contributed by atoms with E-state index in [0.717, 1.165) is 55.6 Å². The number of benzene rings is 2. The van der Waals surface area contributed by atoms with Gasteiger partial charge in [-0.25, -0.2) is 0 Å². The lowest BCUT2D eigenvalue weighted by atomic mass is 9.83. The van der Waals surface area contributed by atoms with Crippen LogP contribution in [-0.2, 0) is 10.3 Å². The highest BCUT2D eigenvalue weighted by Gasteiger charge is 2.27. The number of nitrogens with one attached hydrogen (secondary N) is 1. The van der Waals surface area contributed by atoms with E-state index < -0.39 is 5.60 Å². The lowest BCUT2D eigenvalue weighted by Gasteiger charge is -2.29. The van der Waals surface area contributed by atoms with Crippen molar-refractivity contribution in [3.8, 4) is 11.1 Å². The predicted molar refractivity (Wildman–Crippen MR) is 103 cm³/mol. The van der Waals surface area contributed by atoms with Crippen molar-refractivity contribution in [3.05, 3.63) is 59.7 Å². The molecule has 2 N–H and O–H groups in total. The van der Waals surface area contributed by atoms with Crippen LogP contribution in [0.4, 0.5) is 0 Å². The number of morpholine rings is 1. The van der Waals surface area contributed by atoms with Gasteiger partial charge < -0.3 is 15.2 Å². The Morgan fingerprint density at radius 3 is 2.56 bits per heavy atom. The summed E-state index contributed by atoms with van der Waals surface area (Å²) >= 11 is 0. The number of rotatable bonds is 6. The number of hydrogen-bond acceptors (Lipinski definition) is 3. The second kappa shape index (κ2) is 8.13. The Kier molecular flexibility index (Phi) is 5.89. The van der Waals surface area contributed by atoms with Gasteiger partial charge >= 0.3 is 0 Å². The Bertz CT molecular complexity index is 690. The SMILES string of the molecule is CCCCC(C)(O)c1ccccc1-c1ccccc1C1CNCCO1. The van der Waals surface area contributed by atoms with Crippen LogP contribution < -0.4 is 5.32 Å². The van der Waals surface area contributed by atoms with Gasteiger partial charge in [0.15, 0.2) is 0 Å². The number of aliphatic hydroxyl groups is 1. The van der Waals surface area contributed by atoms with Crippen molar-refractivity contribution in [2.75, 3.05) is 19.7 Å². The fraction of sp³-hybridized carbons (Fsp3) is 0.455. The number of ether oxygens (including phenoxy) is 1. The van der Waals surface area contributed by atoms with Gasteiger partial charge in [-0.1, -0.05) is 68.3 Å². The second-order valence-electron chi connectivity index (χ2n) is 7.07. The van der Waals surface area contributed by atoms with Gasteiger partial charge in [0.25, 0.3) is 0 Å². The Morgan fingerprint density at radius 1 is 1.12 bits per heavy atom. The van der Waals surface area contributed by atoms with Gasteiger partial charge in [0, 0.05) is 13.1 Å². The average molecular weight is 339 g/mol. The molecule has 0 spiro atoms. The summed E-state index contributed by atoms with van der Waals surface area (Å²) in [5.41, 5.74) is 3.62. The van der Waals surface area contributed by atoms with Crippen LogP contribution in [-0.4, -0.2) is 24.8 Å². The minimum atomic E-state index is -0.828. The fourth-order valence-corrected chi connectivity index (χ4v) is 3.63. The first kappa shape index (κ1) is 18.1. The maximum atomic E-state index is 11.1. The quantitative estimate of drug-likeness (QED) is 0.819. The molecular formula is C22H29NO2. The zero-order valence-electron chi connectivity index (χ0n) is 15.3. The molecule has 0 amide bonds. The van der Waals surface area contributed by atoms with E-state index in [1.165, 1.54) is 5.56 Å². The minimum absolute atomic E-state index is 0.0543. The van der Waals surface area contributed by atoms with Crippen LogP contribution in [0.15, 0.2) is 48.5 Å². The predicted octanol–water partition coefficient (Wildman–Crippen LogP) is 4.41. The smallest absolute Gasteiger partial charge is 0.0955 e. The summed E-state index contributed by atoms with van der Waals surface area (Å²) in [4.78, 5) is 0. The molecule has 1 heterocycles. The Hall–Kier alpha value is -1.68. The van der Waals surface area contributed by atoms with Crippen molar-refractivity contribution in [3.63, 3.8) is 0 Å². The molecule has 2 atom stereocenters. The summed E-state index contributed by atoms with van der Waals surface area (Å²) in [6.07, 6.45) is 2.91. The van der Waals surface area contributed by atoms with Crippen molar-refractivity contribution in [2.45, 2.75) is 44.8 Å². The molecule has 1 aliphatic rings. The highest BCUT2D eigenvalue weighted by Crippen LogP contribution is 2.38. The molecule has 0 aliphatic carbocycles. The van der Waals surface area contributed by atoms with Crippen LogP contribution in [0.3, 0.4) is 0 Å². The summed E-state index contributed by atoms with van der Waals surface area (Å²) in [7, 11) is 0. The first-order chi connectivity index (χ1) is 12.1. The van der Waals surface area contributed by atoms with Crippen LogP contribution >= 0.6 is 0 Å². The monoisotopic (exact) mass is 339 g/mol. The van der Waals surface area contributed by atoms with E-state index in [9.17, 15) is 5.11 Å². The summed E-state index contributed by atoms with van der Waals surface area (Å²) in [5, 5.41) is 14.5. The first-order valence-electron chi connectivity index (χ1n) is 9.37. The van der Waals surface area contributed by atoms with E-state index >= 15 is 0 Å². The van der Waals surface area contributed by atoms with E-state index in [-0.39, 0.29) is 6.10 Å². The lowest BCUT2D eigenvalue weighted by molar-refractivity contribution is 0.0279. The number of unbranched alkanes of at least 4 members (excludes halogenated alkanes) is 1. The molecule has 0 radical (unpaired) electrons. The molecule has 0 bridgehead atoms. The van der Waals surface area contributed by atoms with Crippen LogP contribution in [0.5, 0.6) is 0 Å². The Balaban J connectivity index is 2.03. The van der Waals surface area contributed by atoms with E-state index in [2.05, 4.69) is 48.6 Å². The molecule has 0 saturated carbocycles. The molecule has 3 rings (SSSR count). The molecule has 3 heteroatoms. The van der Waals surface area contributed by atoms with E-state index in [4.69, 9.17) is 4.74 Å². The van der Waals surface area contributed by atoms with Crippen molar-refractivity contribution < 1.29 is 9.84 Å². The number of hydrogen-bond donors (Lipinski definition) is 2.